The third-order valence-electron chi connectivity index (χ3n) is 2.93. The minimum atomic E-state index is -0.634. The van der Waals surface area contributed by atoms with E-state index in [1.807, 2.05) is 20.8 Å². The quantitative estimate of drug-likeness (QED) is 0.560. The lowest BCUT2D eigenvalue weighted by molar-refractivity contribution is -0.384. The Kier molecular flexibility index (Phi) is 4.85. The molecule has 1 aromatic rings. The van der Waals surface area contributed by atoms with Crippen LogP contribution in [0.25, 0.3) is 0 Å². The first-order valence-corrected chi connectivity index (χ1v) is 6.06. The molecule has 0 amide bonds. The van der Waals surface area contributed by atoms with Crippen molar-refractivity contribution in [1.82, 2.24) is 0 Å². The summed E-state index contributed by atoms with van der Waals surface area (Å²) >= 11 is 0. The van der Waals surface area contributed by atoms with Gasteiger partial charge in [-0.25, -0.2) is 0 Å². The number of benzene rings is 1. The van der Waals surface area contributed by atoms with Crippen molar-refractivity contribution in [3.63, 3.8) is 0 Å². The van der Waals surface area contributed by atoms with Gasteiger partial charge < -0.3 is 15.5 Å². The number of anilines is 1. The number of nitro benzene ring substituents is 1. The molecule has 1 rings (SSSR count). The number of hydrogen-bond donors (Lipinski definition) is 3. The number of rotatable bonds is 5. The van der Waals surface area contributed by atoms with Gasteiger partial charge in [-0.05, 0) is 23.1 Å². The Balaban J connectivity index is 2.89. The molecule has 6 heteroatoms. The SMILES string of the molecule is CC(C)(C)C(O)CNc1cc(CO)ccc1[N+](=O)[O-]. The van der Waals surface area contributed by atoms with Crippen LogP contribution in [0.15, 0.2) is 18.2 Å². The molecule has 0 bridgehead atoms. The van der Waals surface area contributed by atoms with Crippen LogP contribution in [0.3, 0.4) is 0 Å². The van der Waals surface area contributed by atoms with Crippen molar-refractivity contribution in [2.24, 2.45) is 5.41 Å². The van der Waals surface area contributed by atoms with Crippen molar-refractivity contribution in [1.29, 1.82) is 0 Å². The zero-order chi connectivity index (χ0) is 14.6. The highest BCUT2D eigenvalue weighted by molar-refractivity contribution is 5.62. The van der Waals surface area contributed by atoms with Crippen LogP contribution in [0.2, 0.25) is 0 Å². The molecule has 0 radical (unpaired) electrons. The second-order valence-electron chi connectivity index (χ2n) is 5.53. The third kappa shape index (κ3) is 4.18. The summed E-state index contributed by atoms with van der Waals surface area (Å²) in [5, 5.41) is 32.7. The van der Waals surface area contributed by atoms with E-state index in [9.17, 15) is 15.2 Å². The lowest BCUT2D eigenvalue weighted by Crippen LogP contribution is -2.33. The summed E-state index contributed by atoms with van der Waals surface area (Å²) in [5.74, 6) is 0. The molecule has 6 nitrogen and oxygen atoms in total. The Bertz CT molecular complexity index is 454. The summed E-state index contributed by atoms with van der Waals surface area (Å²) in [6.07, 6.45) is -0.634. The lowest BCUT2D eigenvalue weighted by Gasteiger charge is -2.26. The topological polar surface area (TPSA) is 95.6 Å². The van der Waals surface area contributed by atoms with Gasteiger partial charge in [-0.15, -0.1) is 0 Å². The van der Waals surface area contributed by atoms with E-state index in [1.54, 1.807) is 0 Å². The van der Waals surface area contributed by atoms with Gasteiger partial charge in [-0.3, -0.25) is 10.1 Å². The van der Waals surface area contributed by atoms with E-state index in [-0.39, 0.29) is 24.3 Å². The molecule has 0 aromatic heterocycles. The van der Waals surface area contributed by atoms with Crippen LogP contribution in [0, 0.1) is 15.5 Å². The summed E-state index contributed by atoms with van der Waals surface area (Å²) in [4.78, 5) is 10.4. The molecule has 1 atom stereocenters. The summed E-state index contributed by atoms with van der Waals surface area (Å²) < 4.78 is 0. The summed E-state index contributed by atoms with van der Waals surface area (Å²) in [6, 6.07) is 4.37. The van der Waals surface area contributed by atoms with Gasteiger partial charge in [0.15, 0.2) is 0 Å². The Labute approximate surface area is 112 Å². The molecule has 0 heterocycles. The standard InChI is InChI=1S/C13H20N2O4/c1-13(2,3)12(17)7-14-10-6-9(8-16)4-5-11(10)15(18)19/h4-6,12,14,16-17H,7-8H2,1-3H3. The number of aliphatic hydroxyl groups excluding tert-OH is 2. The first-order chi connectivity index (χ1) is 8.75. The van der Waals surface area contributed by atoms with E-state index in [0.29, 0.717) is 11.3 Å². The van der Waals surface area contributed by atoms with Crippen molar-refractivity contribution in [3.05, 3.63) is 33.9 Å². The van der Waals surface area contributed by atoms with Crippen LogP contribution in [0.4, 0.5) is 11.4 Å². The fourth-order valence-corrected chi connectivity index (χ4v) is 1.50. The fraction of sp³-hybridized carbons (Fsp3) is 0.538. The van der Waals surface area contributed by atoms with E-state index in [4.69, 9.17) is 5.11 Å². The van der Waals surface area contributed by atoms with Gasteiger partial charge in [0.05, 0.1) is 17.6 Å². The highest BCUT2D eigenvalue weighted by atomic mass is 16.6. The van der Waals surface area contributed by atoms with Crippen LogP contribution < -0.4 is 5.32 Å². The van der Waals surface area contributed by atoms with Crippen molar-refractivity contribution in [2.45, 2.75) is 33.5 Å². The van der Waals surface area contributed by atoms with E-state index in [1.165, 1.54) is 18.2 Å². The molecule has 19 heavy (non-hydrogen) atoms. The molecule has 0 saturated heterocycles. The molecule has 1 aromatic carbocycles. The van der Waals surface area contributed by atoms with Crippen molar-refractivity contribution >= 4 is 11.4 Å². The molecule has 0 spiro atoms. The second-order valence-corrected chi connectivity index (χ2v) is 5.53. The first-order valence-electron chi connectivity index (χ1n) is 6.06. The number of aliphatic hydroxyl groups is 2. The maximum atomic E-state index is 10.9. The largest absolute Gasteiger partial charge is 0.392 e. The number of nitrogens with one attached hydrogen (secondary N) is 1. The molecule has 0 fully saturated rings. The predicted molar refractivity (Wildman–Crippen MR) is 73.0 cm³/mol. The predicted octanol–water partition coefficient (Wildman–Crippen LogP) is 1.91. The van der Waals surface area contributed by atoms with Gasteiger partial charge in [0.1, 0.15) is 5.69 Å². The minimum absolute atomic E-state index is 0.0710. The lowest BCUT2D eigenvalue weighted by atomic mass is 9.89. The Morgan fingerprint density at radius 2 is 2.05 bits per heavy atom. The monoisotopic (exact) mass is 268 g/mol. The van der Waals surface area contributed by atoms with Crippen molar-refractivity contribution in [2.75, 3.05) is 11.9 Å². The maximum absolute atomic E-state index is 10.9. The Morgan fingerprint density at radius 1 is 1.42 bits per heavy atom. The number of nitrogens with zero attached hydrogens (tertiary/aromatic N) is 1. The number of nitro groups is 1. The smallest absolute Gasteiger partial charge is 0.292 e. The molecule has 106 valence electrons. The summed E-state index contributed by atoms with van der Waals surface area (Å²) in [6.45, 7) is 5.68. The second kappa shape index (κ2) is 5.99. The van der Waals surface area contributed by atoms with E-state index in [0.717, 1.165) is 0 Å². The maximum Gasteiger partial charge on any atom is 0.292 e. The highest BCUT2D eigenvalue weighted by Gasteiger charge is 2.23. The molecule has 3 N–H and O–H groups in total. The van der Waals surface area contributed by atoms with Gasteiger partial charge in [0, 0.05) is 12.6 Å². The molecular weight excluding hydrogens is 248 g/mol. The first kappa shape index (κ1) is 15.4. The van der Waals surface area contributed by atoms with Crippen LogP contribution in [0.5, 0.6) is 0 Å². The van der Waals surface area contributed by atoms with Gasteiger partial charge in [-0.2, -0.15) is 0 Å². The molecule has 0 aliphatic carbocycles. The average molecular weight is 268 g/mol. The summed E-state index contributed by atoms with van der Waals surface area (Å²) in [7, 11) is 0. The van der Waals surface area contributed by atoms with Gasteiger partial charge in [-0.1, -0.05) is 20.8 Å². The van der Waals surface area contributed by atoms with Crippen LogP contribution in [0.1, 0.15) is 26.3 Å². The molecule has 0 saturated carbocycles. The van der Waals surface area contributed by atoms with Crippen LogP contribution >= 0.6 is 0 Å². The van der Waals surface area contributed by atoms with Gasteiger partial charge >= 0.3 is 0 Å². The third-order valence-corrected chi connectivity index (χ3v) is 2.93. The molecule has 1 unspecified atom stereocenters. The van der Waals surface area contributed by atoms with Crippen molar-refractivity contribution < 1.29 is 15.1 Å². The minimum Gasteiger partial charge on any atom is -0.392 e. The Hall–Kier alpha value is -1.66. The average Bonchev–Trinajstić information content (AvgIpc) is 2.33. The fourth-order valence-electron chi connectivity index (χ4n) is 1.50. The zero-order valence-electron chi connectivity index (χ0n) is 11.4. The van der Waals surface area contributed by atoms with Crippen LogP contribution in [-0.2, 0) is 6.61 Å². The van der Waals surface area contributed by atoms with Gasteiger partial charge in [0.2, 0.25) is 0 Å². The normalized spacial score (nSPS) is 13.1. The van der Waals surface area contributed by atoms with Gasteiger partial charge in [0.25, 0.3) is 5.69 Å². The molecule has 0 aliphatic heterocycles. The highest BCUT2D eigenvalue weighted by Crippen LogP contribution is 2.27. The number of hydrogen-bond acceptors (Lipinski definition) is 5. The van der Waals surface area contributed by atoms with Crippen LogP contribution in [-0.4, -0.2) is 27.8 Å². The van der Waals surface area contributed by atoms with E-state index >= 15 is 0 Å². The summed E-state index contributed by atoms with van der Waals surface area (Å²) in [5.41, 5.74) is 0.507. The van der Waals surface area contributed by atoms with E-state index in [2.05, 4.69) is 5.32 Å². The zero-order valence-corrected chi connectivity index (χ0v) is 11.4. The molecule has 0 aliphatic rings. The Morgan fingerprint density at radius 3 is 2.53 bits per heavy atom. The van der Waals surface area contributed by atoms with E-state index < -0.39 is 11.0 Å². The molecular formula is C13H20N2O4. The van der Waals surface area contributed by atoms with Crippen molar-refractivity contribution in [3.8, 4) is 0 Å².